The second-order valence-corrected chi connectivity index (χ2v) is 5.33. The SMILES string of the molecule is CC(O)CCNC(=O)CCC(=O)c1ccc(Br)cc1. The third kappa shape index (κ3) is 6.50. The van der Waals surface area contributed by atoms with Crippen LogP contribution >= 0.6 is 15.9 Å². The van der Waals surface area contributed by atoms with Gasteiger partial charge in [0, 0.05) is 29.4 Å². The Hall–Kier alpha value is -1.20. The monoisotopic (exact) mass is 327 g/mol. The van der Waals surface area contributed by atoms with E-state index in [0.717, 1.165) is 4.47 Å². The number of aliphatic hydroxyl groups excluding tert-OH is 1. The minimum Gasteiger partial charge on any atom is -0.393 e. The van der Waals surface area contributed by atoms with Crippen LogP contribution in [0.4, 0.5) is 0 Å². The Labute approximate surface area is 121 Å². The normalized spacial score (nSPS) is 11.9. The van der Waals surface area contributed by atoms with Gasteiger partial charge < -0.3 is 10.4 Å². The lowest BCUT2D eigenvalue weighted by Gasteiger charge is -2.06. The van der Waals surface area contributed by atoms with Gasteiger partial charge in [-0.3, -0.25) is 9.59 Å². The van der Waals surface area contributed by atoms with Gasteiger partial charge in [0.25, 0.3) is 0 Å². The van der Waals surface area contributed by atoms with Crippen molar-refractivity contribution in [2.45, 2.75) is 32.3 Å². The molecule has 1 rings (SSSR count). The van der Waals surface area contributed by atoms with Crippen molar-refractivity contribution in [1.29, 1.82) is 0 Å². The summed E-state index contributed by atoms with van der Waals surface area (Å²) in [6.07, 6.45) is 0.466. The first-order chi connectivity index (χ1) is 8.99. The average Bonchev–Trinajstić information content (AvgIpc) is 2.36. The van der Waals surface area contributed by atoms with Crippen molar-refractivity contribution in [3.8, 4) is 0 Å². The summed E-state index contributed by atoms with van der Waals surface area (Å²) >= 11 is 3.30. The predicted molar refractivity (Wildman–Crippen MR) is 77.0 cm³/mol. The van der Waals surface area contributed by atoms with E-state index in [4.69, 9.17) is 5.11 Å². The van der Waals surface area contributed by atoms with Crippen LogP contribution in [0.25, 0.3) is 0 Å². The molecule has 2 N–H and O–H groups in total. The van der Waals surface area contributed by atoms with Gasteiger partial charge in [-0.1, -0.05) is 28.1 Å². The average molecular weight is 328 g/mol. The van der Waals surface area contributed by atoms with Crippen LogP contribution in [0, 0.1) is 0 Å². The standard InChI is InChI=1S/C14H18BrNO3/c1-10(17)8-9-16-14(19)7-6-13(18)11-2-4-12(15)5-3-11/h2-5,10,17H,6-9H2,1H3,(H,16,19). The number of carbonyl (C=O) groups excluding carboxylic acids is 2. The number of halogens is 1. The van der Waals surface area contributed by atoms with E-state index in [0.29, 0.717) is 18.5 Å². The fraction of sp³-hybridized carbons (Fsp3) is 0.429. The Bertz CT molecular complexity index is 429. The number of ketones is 1. The maximum atomic E-state index is 11.8. The molecule has 0 aliphatic rings. The van der Waals surface area contributed by atoms with Crippen LogP contribution in [0.5, 0.6) is 0 Å². The molecule has 1 aromatic rings. The van der Waals surface area contributed by atoms with Gasteiger partial charge in [-0.05, 0) is 25.5 Å². The molecule has 5 heteroatoms. The first-order valence-corrected chi connectivity index (χ1v) is 7.02. The van der Waals surface area contributed by atoms with Crippen LogP contribution in [0.2, 0.25) is 0 Å². The molecular weight excluding hydrogens is 310 g/mol. The van der Waals surface area contributed by atoms with E-state index in [1.165, 1.54) is 0 Å². The number of Topliss-reactive ketones (excluding diaryl/α,β-unsaturated/α-hetero) is 1. The summed E-state index contributed by atoms with van der Waals surface area (Å²) in [6, 6.07) is 7.07. The lowest BCUT2D eigenvalue weighted by molar-refractivity contribution is -0.121. The van der Waals surface area contributed by atoms with Crippen LogP contribution in [0.15, 0.2) is 28.7 Å². The first kappa shape index (κ1) is 15.9. The Morgan fingerprint density at radius 1 is 1.26 bits per heavy atom. The molecular formula is C14H18BrNO3. The van der Waals surface area contributed by atoms with Crippen molar-refractivity contribution in [3.63, 3.8) is 0 Å². The molecule has 1 atom stereocenters. The molecule has 0 heterocycles. The first-order valence-electron chi connectivity index (χ1n) is 6.22. The van der Waals surface area contributed by atoms with Gasteiger partial charge in [-0.15, -0.1) is 0 Å². The number of carbonyl (C=O) groups is 2. The van der Waals surface area contributed by atoms with Crippen molar-refractivity contribution in [3.05, 3.63) is 34.3 Å². The zero-order valence-corrected chi connectivity index (χ0v) is 12.4. The molecule has 1 amide bonds. The molecule has 19 heavy (non-hydrogen) atoms. The summed E-state index contributed by atoms with van der Waals surface area (Å²) in [5.74, 6) is -0.204. The Balaban J connectivity index is 2.30. The number of amides is 1. The Morgan fingerprint density at radius 3 is 2.47 bits per heavy atom. The number of hydrogen-bond acceptors (Lipinski definition) is 3. The zero-order valence-electron chi connectivity index (χ0n) is 10.9. The third-order valence-corrected chi connectivity index (χ3v) is 3.16. The molecule has 0 aliphatic carbocycles. The van der Waals surface area contributed by atoms with Crippen molar-refractivity contribution in [2.24, 2.45) is 0 Å². The minimum absolute atomic E-state index is 0.0434. The minimum atomic E-state index is -0.426. The molecule has 1 unspecified atom stereocenters. The van der Waals surface area contributed by atoms with Crippen LogP contribution in [0.3, 0.4) is 0 Å². The van der Waals surface area contributed by atoms with Gasteiger partial charge in [0.1, 0.15) is 0 Å². The van der Waals surface area contributed by atoms with Crippen LogP contribution in [-0.2, 0) is 4.79 Å². The van der Waals surface area contributed by atoms with Crippen molar-refractivity contribution in [2.75, 3.05) is 6.54 Å². The molecule has 4 nitrogen and oxygen atoms in total. The molecule has 0 saturated carbocycles. The highest BCUT2D eigenvalue weighted by Crippen LogP contribution is 2.12. The highest BCUT2D eigenvalue weighted by Gasteiger charge is 2.09. The largest absolute Gasteiger partial charge is 0.393 e. The highest BCUT2D eigenvalue weighted by molar-refractivity contribution is 9.10. The quantitative estimate of drug-likeness (QED) is 0.755. The molecule has 0 saturated heterocycles. The van der Waals surface area contributed by atoms with E-state index in [1.807, 2.05) is 0 Å². The maximum absolute atomic E-state index is 11.8. The van der Waals surface area contributed by atoms with Crippen molar-refractivity contribution >= 4 is 27.6 Å². The summed E-state index contributed by atoms with van der Waals surface area (Å²) in [7, 11) is 0. The third-order valence-electron chi connectivity index (χ3n) is 2.63. The zero-order chi connectivity index (χ0) is 14.3. The van der Waals surface area contributed by atoms with E-state index < -0.39 is 6.10 Å². The topological polar surface area (TPSA) is 66.4 Å². The van der Waals surface area contributed by atoms with Crippen LogP contribution < -0.4 is 5.32 Å². The number of aliphatic hydroxyl groups is 1. The molecule has 104 valence electrons. The fourth-order valence-corrected chi connectivity index (χ4v) is 1.78. The Morgan fingerprint density at radius 2 is 1.89 bits per heavy atom. The summed E-state index contributed by atoms with van der Waals surface area (Å²) in [6.45, 7) is 2.10. The van der Waals surface area contributed by atoms with Crippen molar-refractivity contribution in [1.82, 2.24) is 5.32 Å². The second kappa shape index (κ2) is 8.07. The molecule has 0 aliphatic heterocycles. The van der Waals surface area contributed by atoms with Crippen molar-refractivity contribution < 1.29 is 14.7 Å². The second-order valence-electron chi connectivity index (χ2n) is 4.42. The Kier molecular flexibility index (Phi) is 6.73. The summed E-state index contributed by atoms with van der Waals surface area (Å²) in [4.78, 5) is 23.3. The van der Waals surface area contributed by atoms with Crippen LogP contribution in [-0.4, -0.2) is 29.4 Å². The maximum Gasteiger partial charge on any atom is 0.220 e. The van der Waals surface area contributed by atoms with E-state index >= 15 is 0 Å². The van der Waals surface area contributed by atoms with E-state index in [1.54, 1.807) is 31.2 Å². The molecule has 0 fully saturated rings. The summed E-state index contributed by atoms with van der Waals surface area (Å²) in [5, 5.41) is 11.7. The molecule has 0 spiro atoms. The van der Waals surface area contributed by atoms with E-state index in [-0.39, 0.29) is 24.5 Å². The van der Waals surface area contributed by atoms with Gasteiger partial charge in [0.2, 0.25) is 5.91 Å². The molecule has 1 aromatic carbocycles. The lowest BCUT2D eigenvalue weighted by Crippen LogP contribution is -2.26. The van der Waals surface area contributed by atoms with Gasteiger partial charge in [0.05, 0.1) is 6.10 Å². The number of benzene rings is 1. The van der Waals surface area contributed by atoms with Gasteiger partial charge in [0.15, 0.2) is 5.78 Å². The summed E-state index contributed by atoms with van der Waals surface area (Å²) in [5.41, 5.74) is 0.611. The van der Waals surface area contributed by atoms with Gasteiger partial charge in [-0.25, -0.2) is 0 Å². The van der Waals surface area contributed by atoms with E-state index in [2.05, 4.69) is 21.2 Å². The molecule has 0 bridgehead atoms. The number of rotatable bonds is 7. The predicted octanol–water partition coefficient (Wildman–Crippen LogP) is 2.30. The molecule has 0 radical (unpaired) electrons. The highest BCUT2D eigenvalue weighted by atomic mass is 79.9. The van der Waals surface area contributed by atoms with Gasteiger partial charge in [-0.2, -0.15) is 0 Å². The van der Waals surface area contributed by atoms with Crippen LogP contribution in [0.1, 0.15) is 36.5 Å². The molecule has 0 aromatic heterocycles. The summed E-state index contributed by atoms with van der Waals surface area (Å²) < 4.78 is 0.917. The number of nitrogens with one attached hydrogen (secondary N) is 1. The lowest BCUT2D eigenvalue weighted by atomic mass is 10.1. The van der Waals surface area contributed by atoms with Gasteiger partial charge >= 0.3 is 0 Å². The fourth-order valence-electron chi connectivity index (χ4n) is 1.52. The smallest absolute Gasteiger partial charge is 0.220 e. The number of hydrogen-bond donors (Lipinski definition) is 2. The van der Waals surface area contributed by atoms with E-state index in [9.17, 15) is 9.59 Å².